The molecule has 2 aromatic heterocycles. The summed E-state index contributed by atoms with van der Waals surface area (Å²) in [5.41, 5.74) is 2.85. The normalized spacial score (nSPS) is 10.5. The van der Waals surface area contributed by atoms with E-state index in [4.69, 9.17) is 4.52 Å². The molecule has 0 radical (unpaired) electrons. The van der Waals surface area contributed by atoms with Crippen LogP contribution in [0.15, 0.2) is 83.5 Å². The molecule has 2 heterocycles. The first-order valence-corrected chi connectivity index (χ1v) is 8.48. The molecular weight excluding hydrogens is 340 g/mol. The second kappa shape index (κ2) is 7.61. The minimum atomic E-state index is -0.113. The van der Waals surface area contributed by atoms with E-state index in [2.05, 4.69) is 20.4 Å². The summed E-state index contributed by atoms with van der Waals surface area (Å²) >= 11 is 0. The third kappa shape index (κ3) is 3.90. The van der Waals surface area contributed by atoms with Crippen molar-refractivity contribution in [3.63, 3.8) is 0 Å². The number of nitrogens with one attached hydrogen (secondary N) is 1. The maximum absolute atomic E-state index is 12.4. The van der Waals surface area contributed by atoms with Gasteiger partial charge in [0.05, 0.1) is 17.7 Å². The van der Waals surface area contributed by atoms with E-state index in [-0.39, 0.29) is 12.3 Å². The number of nitrogens with zero attached hydrogens (tertiary/aromatic N) is 3. The van der Waals surface area contributed by atoms with E-state index < -0.39 is 0 Å². The molecule has 27 heavy (non-hydrogen) atoms. The van der Waals surface area contributed by atoms with Crippen LogP contribution >= 0.6 is 0 Å². The molecule has 6 nitrogen and oxygen atoms in total. The Morgan fingerprint density at radius 2 is 1.70 bits per heavy atom. The lowest BCUT2D eigenvalue weighted by Gasteiger charge is -2.08. The highest BCUT2D eigenvalue weighted by Gasteiger charge is 2.16. The first kappa shape index (κ1) is 16.7. The summed E-state index contributed by atoms with van der Waals surface area (Å²) in [6, 6.07) is 22.4. The smallest absolute Gasteiger partial charge is 0.260 e. The van der Waals surface area contributed by atoms with E-state index in [9.17, 15) is 4.79 Å². The molecule has 0 saturated heterocycles. The second-order valence-corrected chi connectivity index (χ2v) is 5.89. The van der Waals surface area contributed by atoms with Crippen molar-refractivity contribution < 1.29 is 9.32 Å². The topological polar surface area (TPSA) is 80.9 Å². The van der Waals surface area contributed by atoms with Gasteiger partial charge in [0.15, 0.2) is 0 Å². The molecule has 0 unspecified atom stereocenters. The van der Waals surface area contributed by atoms with Crippen LogP contribution in [0.5, 0.6) is 0 Å². The van der Waals surface area contributed by atoms with Crippen LogP contribution in [0, 0.1) is 0 Å². The molecule has 0 fully saturated rings. The van der Waals surface area contributed by atoms with E-state index >= 15 is 0 Å². The maximum Gasteiger partial charge on any atom is 0.260 e. The highest BCUT2D eigenvalue weighted by Crippen LogP contribution is 2.28. The molecule has 0 aliphatic heterocycles. The fourth-order valence-electron chi connectivity index (χ4n) is 2.69. The average Bonchev–Trinajstić information content (AvgIpc) is 3.20. The van der Waals surface area contributed by atoms with E-state index in [1.807, 2.05) is 72.8 Å². The van der Waals surface area contributed by atoms with Crippen molar-refractivity contribution in [1.29, 1.82) is 0 Å². The third-order valence-corrected chi connectivity index (χ3v) is 3.96. The predicted molar refractivity (Wildman–Crippen MR) is 102 cm³/mol. The van der Waals surface area contributed by atoms with Crippen molar-refractivity contribution in [2.45, 2.75) is 6.42 Å². The van der Waals surface area contributed by atoms with Crippen molar-refractivity contribution in [2.75, 3.05) is 5.32 Å². The molecule has 132 valence electrons. The number of para-hydroxylation sites is 1. The molecule has 2 aromatic carbocycles. The minimum Gasteiger partial charge on any atom is -0.333 e. The molecule has 4 aromatic rings. The fraction of sp³-hybridized carbons (Fsp3) is 0.0476. The van der Waals surface area contributed by atoms with Gasteiger partial charge in [0.25, 0.3) is 5.89 Å². The van der Waals surface area contributed by atoms with Crippen LogP contribution in [0.4, 0.5) is 5.69 Å². The molecule has 1 N–H and O–H groups in total. The number of carbonyl (C=O) groups is 1. The van der Waals surface area contributed by atoms with E-state index in [1.54, 1.807) is 6.20 Å². The summed E-state index contributed by atoms with van der Waals surface area (Å²) in [4.78, 5) is 21.0. The maximum atomic E-state index is 12.4. The Labute approximate surface area is 155 Å². The van der Waals surface area contributed by atoms with Crippen LogP contribution in [0.25, 0.3) is 23.0 Å². The summed E-state index contributed by atoms with van der Waals surface area (Å²) in [5.74, 6) is 0.611. The van der Waals surface area contributed by atoms with Crippen LogP contribution in [0.3, 0.4) is 0 Å². The number of carbonyl (C=O) groups excluding carboxylic acids is 1. The Kier molecular flexibility index (Phi) is 4.70. The average molecular weight is 356 g/mol. The zero-order valence-electron chi connectivity index (χ0n) is 14.4. The molecule has 0 bridgehead atoms. The van der Waals surface area contributed by atoms with Crippen molar-refractivity contribution in [1.82, 2.24) is 15.1 Å². The lowest BCUT2D eigenvalue weighted by molar-refractivity contribution is -0.115. The van der Waals surface area contributed by atoms with Gasteiger partial charge in [-0.15, -0.1) is 0 Å². The van der Waals surface area contributed by atoms with Gasteiger partial charge in [-0.05, 0) is 29.8 Å². The van der Waals surface area contributed by atoms with E-state index in [1.165, 1.54) is 0 Å². The largest absolute Gasteiger partial charge is 0.333 e. The van der Waals surface area contributed by atoms with E-state index in [0.717, 1.165) is 5.56 Å². The number of aromatic nitrogens is 3. The number of amides is 1. The zero-order valence-corrected chi connectivity index (χ0v) is 14.4. The number of benzene rings is 2. The highest BCUT2D eigenvalue weighted by atomic mass is 16.5. The molecule has 6 heteroatoms. The lowest BCUT2D eigenvalue weighted by atomic mass is 10.1. The molecule has 0 saturated carbocycles. The van der Waals surface area contributed by atoms with Gasteiger partial charge in [-0.3, -0.25) is 9.78 Å². The van der Waals surface area contributed by atoms with Crippen LogP contribution in [0.2, 0.25) is 0 Å². The van der Waals surface area contributed by atoms with Crippen molar-refractivity contribution in [3.05, 3.63) is 84.6 Å². The fourth-order valence-corrected chi connectivity index (χ4v) is 2.69. The van der Waals surface area contributed by atoms with Gasteiger partial charge in [0.2, 0.25) is 11.7 Å². The lowest BCUT2D eigenvalue weighted by Crippen LogP contribution is -2.15. The Morgan fingerprint density at radius 1 is 0.926 bits per heavy atom. The summed E-state index contributed by atoms with van der Waals surface area (Å²) in [5, 5.41) is 6.91. The van der Waals surface area contributed by atoms with Gasteiger partial charge >= 0.3 is 0 Å². The molecular formula is C21H16N4O2. The van der Waals surface area contributed by atoms with Gasteiger partial charge in [0, 0.05) is 6.20 Å². The van der Waals surface area contributed by atoms with Gasteiger partial charge in [-0.2, -0.15) is 4.98 Å². The standard InChI is InChI=1S/C21H16N4O2/c26-19(14-15-8-2-1-3-9-15)23-17-11-5-4-10-16(17)21-24-20(25-27-21)18-12-6-7-13-22-18/h1-13H,14H2,(H,23,26). The van der Waals surface area contributed by atoms with Crippen molar-refractivity contribution in [3.8, 4) is 23.0 Å². The first-order valence-electron chi connectivity index (χ1n) is 8.48. The Hall–Kier alpha value is -3.80. The zero-order chi connectivity index (χ0) is 18.5. The van der Waals surface area contributed by atoms with Crippen LogP contribution in [0.1, 0.15) is 5.56 Å². The predicted octanol–water partition coefficient (Wildman–Crippen LogP) is 3.98. The summed E-state index contributed by atoms with van der Waals surface area (Å²) in [7, 11) is 0. The first-order chi connectivity index (χ1) is 13.3. The molecule has 0 spiro atoms. The molecule has 4 rings (SSSR count). The van der Waals surface area contributed by atoms with Crippen molar-refractivity contribution >= 4 is 11.6 Å². The highest BCUT2D eigenvalue weighted by molar-refractivity contribution is 5.95. The van der Waals surface area contributed by atoms with Gasteiger partial charge in [0.1, 0.15) is 5.69 Å². The van der Waals surface area contributed by atoms with Crippen LogP contribution in [-0.4, -0.2) is 21.0 Å². The molecule has 1 amide bonds. The van der Waals surface area contributed by atoms with Crippen molar-refractivity contribution in [2.24, 2.45) is 0 Å². The molecule has 0 aliphatic rings. The van der Waals surface area contributed by atoms with Crippen LogP contribution < -0.4 is 5.32 Å². The number of hydrogen-bond acceptors (Lipinski definition) is 5. The summed E-state index contributed by atoms with van der Waals surface area (Å²) in [6.45, 7) is 0. The quantitative estimate of drug-likeness (QED) is 0.585. The summed E-state index contributed by atoms with van der Waals surface area (Å²) < 4.78 is 5.39. The summed E-state index contributed by atoms with van der Waals surface area (Å²) in [6.07, 6.45) is 1.96. The monoisotopic (exact) mass is 356 g/mol. The SMILES string of the molecule is O=C(Cc1ccccc1)Nc1ccccc1-c1nc(-c2ccccn2)no1. The molecule has 0 atom stereocenters. The van der Waals surface area contributed by atoms with Gasteiger partial charge in [-0.1, -0.05) is 53.7 Å². The Morgan fingerprint density at radius 3 is 2.52 bits per heavy atom. The number of anilines is 1. The minimum absolute atomic E-state index is 0.113. The Bertz CT molecular complexity index is 1050. The molecule has 0 aliphatic carbocycles. The number of rotatable bonds is 5. The van der Waals surface area contributed by atoms with Gasteiger partial charge < -0.3 is 9.84 Å². The number of hydrogen-bond donors (Lipinski definition) is 1. The Balaban J connectivity index is 1.57. The number of pyridine rings is 1. The van der Waals surface area contributed by atoms with Crippen LogP contribution in [-0.2, 0) is 11.2 Å². The third-order valence-electron chi connectivity index (χ3n) is 3.96. The van der Waals surface area contributed by atoms with Gasteiger partial charge in [-0.25, -0.2) is 0 Å². The van der Waals surface area contributed by atoms with E-state index in [0.29, 0.717) is 28.7 Å². The second-order valence-electron chi connectivity index (χ2n) is 5.89.